The molecule has 8 heteroatoms. The average molecular weight is 490 g/mol. The van der Waals surface area contributed by atoms with Gasteiger partial charge < -0.3 is 18.9 Å². The molecule has 0 radical (unpaired) electrons. The summed E-state index contributed by atoms with van der Waals surface area (Å²) in [4.78, 5) is 39.4. The molecule has 35 heavy (non-hydrogen) atoms. The van der Waals surface area contributed by atoms with Crippen LogP contribution in [0.5, 0.6) is 0 Å². The van der Waals surface area contributed by atoms with Crippen LogP contribution in [0, 0.1) is 5.92 Å². The molecule has 3 rings (SSSR count). The minimum atomic E-state index is -1.01. The molecule has 0 N–H and O–H groups in total. The molecule has 1 amide bonds. The Bertz CT molecular complexity index is 843. The van der Waals surface area contributed by atoms with Crippen LogP contribution in [0.15, 0.2) is 30.3 Å². The van der Waals surface area contributed by atoms with E-state index in [1.54, 1.807) is 27.7 Å². The molecule has 8 nitrogen and oxygen atoms in total. The van der Waals surface area contributed by atoms with Crippen LogP contribution in [0.25, 0.3) is 0 Å². The summed E-state index contributed by atoms with van der Waals surface area (Å²) < 4.78 is 22.7. The molecule has 0 spiro atoms. The summed E-state index contributed by atoms with van der Waals surface area (Å²) in [7, 11) is 0. The van der Waals surface area contributed by atoms with E-state index in [4.69, 9.17) is 18.9 Å². The molecule has 1 heterocycles. The van der Waals surface area contributed by atoms with Crippen molar-refractivity contribution < 1.29 is 33.3 Å². The van der Waals surface area contributed by atoms with E-state index in [0.29, 0.717) is 6.61 Å². The Kier molecular flexibility index (Phi) is 9.69. The summed E-state index contributed by atoms with van der Waals surface area (Å²) >= 11 is 0. The van der Waals surface area contributed by atoms with Crippen LogP contribution in [0.1, 0.15) is 58.9 Å². The molecule has 1 aromatic rings. The molecule has 1 aliphatic carbocycles. The third-order valence-electron chi connectivity index (χ3n) is 6.32. The molecule has 1 saturated heterocycles. The largest absolute Gasteiger partial charge is 0.465 e. The number of carbonyl (C=O) groups is 3. The highest BCUT2D eigenvalue weighted by Crippen LogP contribution is 2.27. The molecule has 1 aliphatic heterocycles. The molecule has 2 aliphatic rings. The van der Waals surface area contributed by atoms with Crippen LogP contribution in [0.4, 0.5) is 4.79 Å². The van der Waals surface area contributed by atoms with E-state index in [9.17, 15) is 14.4 Å². The Hall–Kier alpha value is -2.45. The van der Waals surface area contributed by atoms with Crippen molar-refractivity contribution in [3.8, 4) is 0 Å². The van der Waals surface area contributed by atoms with Crippen molar-refractivity contribution >= 4 is 17.8 Å². The fraction of sp³-hybridized carbons (Fsp3) is 0.667. The first-order valence-corrected chi connectivity index (χ1v) is 12.6. The predicted molar refractivity (Wildman–Crippen MR) is 130 cm³/mol. The first-order chi connectivity index (χ1) is 16.7. The number of esters is 1. The van der Waals surface area contributed by atoms with Crippen molar-refractivity contribution in [3.05, 3.63) is 35.9 Å². The van der Waals surface area contributed by atoms with Crippen LogP contribution in [-0.4, -0.2) is 73.0 Å². The Morgan fingerprint density at radius 3 is 2.23 bits per heavy atom. The lowest BCUT2D eigenvalue weighted by Crippen LogP contribution is -2.44. The summed E-state index contributed by atoms with van der Waals surface area (Å²) in [6.45, 7) is 7.82. The summed E-state index contributed by atoms with van der Waals surface area (Å²) in [6, 6.07) is 9.42. The molecular weight excluding hydrogens is 450 g/mol. The third-order valence-corrected chi connectivity index (χ3v) is 6.32. The molecule has 0 aromatic heterocycles. The highest BCUT2D eigenvalue weighted by molar-refractivity contribution is 6.05. The number of nitrogens with zero attached hydrogens (tertiary/aromatic N) is 1. The lowest BCUT2D eigenvalue weighted by molar-refractivity contribution is -0.150. The van der Waals surface area contributed by atoms with Crippen LogP contribution in [0.2, 0.25) is 0 Å². The molecule has 1 saturated carbocycles. The summed E-state index contributed by atoms with van der Waals surface area (Å²) in [5, 5.41) is 0. The van der Waals surface area contributed by atoms with Crippen molar-refractivity contribution in [1.82, 2.24) is 4.90 Å². The van der Waals surface area contributed by atoms with Gasteiger partial charge in [0.2, 0.25) is 0 Å². The topological polar surface area (TPSA) is 91.4 Å². The maximum absolute atomic E-state index is 13.0. The number of ether oxygens (including phenoxy) is 4. The van der Waals surface area contributed by atoms with E-state index in [2.05, 4.69) is 12.1 Å². The standard InChI is InChI=1S/C27H39NO7/c1-5-32-25(30)22-17-28(26(31)35-27(2,3)4)23(24(22)29)18-34-21-13-11-20(12-14-21)33-16-15-19-9-7-6-8-10-19/h6-10,20-23H,5,11-18H2,1-4H3. The third kappa shape index (κ3) is 8.04. The van der Waals surface area contributed by atoms with Gasteiger partial charge in [0.25, 0.3) is 0 Å². The van der Waals surface area contributed by atoms with Gasteiger partial charge in [0.05, 0.1) is 32.0 Å². The highest BCUT2D eigenvalue weighted by atomic mass is 16.6. The molecule has 1 aromatic carbocycles. The van der Waals surface area contributed by atoms with E-state index < -0.39 is 29.6 Å². The lowest BCUT2D eigenvalue weighted by atomic mass is 9.94. The number of rotatable bonds is 9. The van der Waals surface area contributed by atoms with Crippen LogP contribution < -0.4 is 0 Å². The Morgan fingerprint density at radius 2 is 1.63 bits per heavy atom. The maximum Gasteiger partial charge on any atom is 0.411 e. The minimum absolute atomic E-state index is 0.0149. The molecular formula is C27H39NO7. The number of benzene rings is 1. The second kappa shape index (κ2) is 12.5. The number of likely N-dealkylation sites (tertiary alicyclic amines) is 1. The molecule has 194 valence electrons. The number of ketones is 1. The van der Waals surface area contributed by atoms with Gasteiger partial charge in [-0.2, -0.15) is 0 Å². The second-order valence-electron chi connectivity index (χ2n) is 10.2. The van der Waals surface area contributed by atoms with E-state index in [0.717, 1.165) is 32.1 Å². The van der Waals surface area contributed by atoms with Gasteiger partial charge in [0.1, 0.15) is 17.6 Å². The molecule has 2 unspecified atom stereocenters. The van der Waals surface area contributed by atoms with Gasteiger partial charge in [-0.15, -0.1) is 0 Å². The summed E-state index contributed by atoms with van der Waals surface area (Å²) in [5.74, 6) is -1.97. The monoisotopic (exact) mass is 489 g/mol. The Morgan fingerprint density at radius 1 is 1.00 bits per heavy atom. The van der Waals surface area contributed by atoms with Gasteiger partial charge in [-0.1, -0.05) is 30.3 Å². The smallest absolute Gasteiger partial charge is 0.411 e. The SMILES string of the molecule is CCOC(=O)C1CN(C(=O)OC(C)(C)C)C(COC2CCC(OCCc3ccccc3)CC2)C1=O. The van der Waals surface area contributed by atoms with E-state index in [-0.39, 0.29) is 37.7 Å². The van der Waals surface area contributed by atoms with Gasteiger partial charge in [-0.3, -0.25) is 14.5 Å². The molecule has 2 atom stereocenters. The molecule has 0 bridgehead atoms. The van der Waals surface area contributed by atoms with Crippen molar-refractivity contribution in [3.63, 3.8) is 0 Å². The average Bonchev–Trinajstić information content (AvgIpc) is 3.15. The Labute approximate surface area is 208 Å². The van der Waals surface area contributed by atoms with E-state index in [1.165, 1.54) is 10.5 Å². The van der Waals surface area contributed by atoms with E-state index in [1.807, 2.05) is 18.2 Å². The maximum atomic E-state index is 13.0. The van der Waals surface area contributed by atoms with Crippen molar-refractivity contribution in [1.29, 1.82) is 0 Å². The number of amides is 1. The second-order valence-corrected chi connectivity index (χ2v) is 10.2. The van der Waals surface area contributed by atoms with Crippen LogP contribution in [-0.2, 0) is 35.0 Å². The van der Waals surface area contributed by atoms with Gasteiger partial charge in [0, 0.05) is 6.54 Å². The first-order valence-electron chi connectivity index (χ1n) is 12.6. The minimum Gasteiger partial charge on any atom is -0.465 e. The zero-order valence-corrected chi connectivity index (χ0v) is 21.4. The first kappa shape index (κ1) is 27.1. The zero-order valence-electron chi connectivity index (χ0n) is 21.4. The van der Waals surface area contributed by atoms with Crippen LogP contribution in [0.3, 0.4) is 0 Å². The Balaban J connectivity index is 1.49. The van der Waals surface area contributed by atoms with Gasteiger partial charge in [0.15, 0.2) is 5.78 Å². The lowest BCUT2D eigenvalue weighted by Gasteiger charge is -2.31. The number of carbonyl (C=O) groups excluding carboxylic acids is 3. The number of hydrogen-bond acceptors (Lipinski definition) is 7. The molecule has 2 fully saturated rings. The number of Topliss-reactive ketones (excluding diaryl/α,β-unsaturated/α-hetero) is 1. The summed E-state index contributed by atoms with van der Waals surface area (Å²) in [6.07, 6.45) is 3.88. The van der Waals surface area contributed by atoms with Crippen molar-refractivity contribution in [2.24, 2.45) is 5.92 Å². The summed E-state index contributed by atoms with van der Waals surface area (Å²) in [5.41, 5.74) is 0.549. The van der Waals surface area contributed by atoms with Crippen molar-refractivity contribution in [2.45, 2.75) is 83.6 Å². The van der Waals surface area contributed by atoms with E-state index >= 15 is 0 Å². The number of hydrogen-bond donors (Lipinski definition) is 0. The fourth-order valence-corrected chi connectivity index (χ4v) is 4.51. The predicted octanol–water partition coefficient (Wildman–Crippen LogP) is 3.94. The fourth-order valence-electron chi connectivity index (χ4n) is 4.51. The van der Waals surface area contributed by atoms with Crippen molar-refractivity contribution in [2.75, 3.05) is 26.4 Å². The highest BCUT2D eigenvalue weighted by Gasteiger charge is 2.48. The van der Waals surface area contributed by atoms with Gasteiger partial charge >= 0.3 is 12.1 Å². The quantitative estimate of drug-likeness (QED) is 0.383. The van der Waals surface area contributed by atoms with Gasteiger partial charge in [-0.05, 0) is 65.4 Å². The van der Waals surface area contributed by atoms with Gasteiger partial charge in [-0.25, -0.2) is 4.79 Å². The van der Waals surface area contributed by atoms with Crippen LogP contribution >= 0.6 is 0 Å². The normalized spacial score (nSPS) is 24.9. The zero-order chi connectivity index (χ0) is 25.4.